The zero-order valence-electron chi connectivity index (χ0n) is 9.62. The predicted octanol–water partition coefficient (Wildman–Crippen LogP) is 2.95. The van der Waals surface area contributed by atoms with Gasteiger partial charge >= 0.3 is 0 Å². The summed E-state index contributed by atoms with van der Waals surface area (Å²) in [5, 5.41) is 3.88. The second-order valence-electron chi connectivity index (χ2n) is 4.23. The van der Waals surface area contributed by atoms with E-state index in [1.165, 1.54) is 11.1 Å². The maximum absolute atomic E-state index is 11.8. The van der Waals surface area contributed by atoms with Crippen molar-refractivity contribution in [3.8, 4) is 0 Å². The van der Waals surface area contributed by atoms with Gasteiger partial charge in [0.15, 0.2) is 0 Å². The summed E-state index contributed by atoms with van der Waals surface area (Å²) in [4.78, 5) is 11.8. The lowest BCUT2D eigenvalue weighted by Gasteiger charge is -2.10. The summed E-state index contributed by atoms with van der Waals surface area (Å²) in [6, 6.07) is 8.28. The van der Waals surface area contributed by atoms with E-state index in [1.807, 2.05) is 17.8 Å². The Balaban J connectivity index is 1.86. The number of nitrogens with one attached hydrogen (secondary N) is 1. The minimum Gasteiger partial charge on any atom is -0.352 e. The highest BCUT2D eigenvalue weighted by Crippen LogP contribution is 2.23. The summed E-state index contributed by atoms with van der Waals surface area (Å²) in [6.07, 6.45) is 1.03. The Kier molecular flexibility index (Phi) is 4.92. The molecule has 1 aromatic carbocycles. The molecule has 0 spiro atoms. The van der Waals surface area contributed by atoms with Crippen LogP contribution in [0.2, 0.25) is 0 Å². The Morgan fingerprint density at radius 3 is 3.00 bits per heavy atom. The van der Waals surface area contributed by atoms with E-state index in [1.54, 1.807) is 0 Å². The molecule has 0 aromatic heterocycles. The van der Waals surface area contributed by atoms with Gasteiger partial charge in [-0.15, -0.1) is 0 Å². The van der Waals surface area contributed by atoms with Gasteiger partial charge in [-0.1, -0.05) is 40.2 Å². The molecule has 1 saturated heterocycles. The molecule has 0 saturated carbocycles. The summed E-state index contributed by atoms with van der Waals surface area (Å²) in [5.41, 5.74) is 2.41. The molecule has 92 valence electrons. The molecule has 1 aliphatic rings. The molecule has 1 fully saturated rings. The number of hydrogen-bond acceptors (Lipinski definition) is 2. The van der Waals surface area contributed by atoms with Crippen LogP contribution in [-0.4, -0.2) is 17.4 Å². The fourth-order valence-corrected chi connectivity index (χ4v) is 3.47. The number of alkyl halides is 1. The number of thioether (sulfide) groups is 1. The van der Waals surface area contributed by atoms with Crippen LogP contribution in [-0.2, 0) is 16.7 Å². The third kappa shape index (κ3) is 3.75. The molecule has 1 N–H and O–H groups in total. The average molecular weight is 314 g/mol. The first-order valence-electron chi connectivity index (χ1n) is 5.79. The summed E-state index contributed by atoms with van der Waals surface area (Å²) < 4.78 is 0. The Bertz CT molecular complexity index is 391. The molecule has 4 heteroatoms. The number of halogens is 1. The van der Waals surface area contributed by atoms with Crippen molar-refractivity contribution >= 4 is 33.6 Å². The predicted molar refractivity (Wildman–Crippen MR) is 76.4 cm³/mol. The van der Waals surface area contributed by atoms with Crippen LogP contribution in [0, 0.1) is 5.92 Å². The van der Waals surface area contributed by atoms with Gasteiger partial charge in [0.25, 0.3) is 0 Å². The summed E-state index contributed by atoms with van der Waals surface area (Å²) >= 11 is 5.31. The standard InChI is InChI=1S/C13H16BrNOS/c14-7-10-2-1-3-11(6-10)8-15-13(16)12-4-5-17-9-12/h1-3,6,12H,4-5,7-9H2,(H,15,16). The van der Waals surface area contributed by atoms with Crippen molar-refractivity contribution in [2.75, 3.05) is 11.5 Å². The molecular formula is C13H16BrNOS. The van der Waals surface area contributed by atoms with E-state index in [4.69, 9.17) is 0 Å². The molecule has 17 heavy (non-hydrogen) atoms. The van der Waals surface area contributed by atoms with Gasteiger partial charge in [-0.25, -0.2) is 0 Å². The number of rotatable bonds is 4. The van der Waals surface area contributed by atoms with E-state index in [-0.39, 0.29) is 11.8 Å². The van der Waals surface area contributed by atoms with Crippen molar-refractivity contribution in [1.29, 1.82) is 0 Å². The Morgan fingerprint density at radius 2 is 2.29 bits per heavy atom. The van der Waals surface area contributed by atoms with E-state index in [9.17, 15) is 4.79 Å². The minimum atomic E-state index is 0.208. The lowest BCUT2D eigenvalue weighted by Crippen LogP contribution is -2.30. The van der Waals surface area contributed by atoms with Crippen molar-refractivity contribution < 1.29 is 4.79 Å². The van der Waals surface area contributed by atoms with E-state index in [0.717, 1.165) is 23.3 Å². The highest BCUT2D eigenvalue weighted by atomic mass is 79.9. The number of amides is 1. The van der Waals surface area contributed by atoms with Crippen molar-refractivity contribution in [3.05, 3.63) is 35.4 Å². The molecule has 1 aromatic rings. The molecule has 1 aliphatic heterocycles. The normalized spacial score (nSPS) is 19.2. The number of hydrogen-bond donors (Lipinski definition) is 1. The molecule has 1 unspecified atom stereocenters. The van der Waals surface area contributed by atoms with Gasteiger partial charge in [0.1, 0.15) is 0 Å². The fraction of sp³-hybridized carbons (Fsp3) is 0.462. The monoisotopic (exact) mass is 313 g/mol. The zero-order chi connectivity index (χ0) is 12.1. The van der Waals surface area contributed by atoms with Crippen molar-refractivity contribution in [1.82, 2.24) is 5.32 Å². The van der Waals surface area contributed by atoms with Gasteiger partial charge in [0.05, 0.1) is 0 Å². The van der Waals surface area contributed by atoms with E-state index >= 15 is 0 Å². The van der Waals surface area contributed by atoms with Crippen LogP contribution in [0.5, 0.6) is 0 Å². The Labute approximate surface area is 115 Å². The minimum absolute atomic E-state index is 0.208. The molecule has 0 aliphatic carbocycles. The van der Waals surface area contributed by atoms with Crippen LogP contribution in [0.25, 0.3) is 0 Å². The average Bonchev–Trinajstić information content (AvgIpc) is 2.90. The highest BCUT2D eigenvalue weighted by molar-refractivity contribution is 9.08. The molecular weight excluding hydrogens is 298 g/mol. The van der Waals surface area contributed by atoms with E-state index in [2.05, 4.69) is 39.4 Å². The lowest BCUT2D eigenvalue weighted by molar-refractivity contribution is -0.124. The third-order valence-electron chi connectivity index (χ3n) is 2.91. The van der Waals surface area contributed by atoms with E-state index < -0.39 is 0 Å². The maximum atomic E-state index is 11.8. The smallest absolute Gasteiger partial charge is 0.224 e. The first-order valence-corrected chi connectivity index (χ1v) is 8.06. The molecule has 0 radical (unpaired) electrons. The molecule has 2 nitrogen and oxygen atoms in total. The van der Waals surface area contributed by atoms with Crippen molar-refractivity contribution in [3.63, 3.8) is 0 Å². The fourth-order valence-electron chi connectivity index (χ4n) is 1.90. The van der Waals surface area contributed by atoms with Crippen LogP contribution >= 0.6 is 27.7 Å². The van der Waals surface area contributed by atoms with Gasteiger partial charge in [0, 0.05) is 23.5 Å². The summed E-state index contributed by atoms with van der Waals surface area (Å²) in [5.74, 6) is 2.53. The first kappa shape index (κ1) is 13.0. The van der Waals surface area contributed by atoms with Crippen LogP contribution in [0.15, 0.2) is 24.3 Å². The van der Waals surface area contributed by atoms with Crippen molar-refractivity contribution in [2.45, 2.75) is 18.3 Å². The van der Waals surface area contributed by atoms with Gasteiger partial charge in [-0.05, 0) is 23.3 Å². The number of carbonyl (C=O) groups is 1. The zero-order valence-corrected chi connectivity index (χ0v) is 12.0. The quantitative estimate of drug-likeness (QED) is 0.866. The number of carbonyl (C=O) groups excluding carboxylic acids is 1. The summed E-state index contributed by atoms with van der Waals surface area (Å²) in [6.45, 7) is 0.640. The Morgan fingerprint density at radius 1 is 1.47 bits per heavy atom. The topological polar surface area (TPSA) is 29.1 Å². The Hall–Kier alpha value is -0.480. The lowest BCUT2D eigenvalue weighted by atomic mass is 10.1. The van der Waals surface area contributed by atoms with Crippen LogP contribution in [0.3, 0.4) is 0 Å². The largest absolute Gasteiger partial charge is 0.352 e. The van der Waals surface area contributed by atoms with Gasteiger partial charge in [0.2, 0.25) is 5.91 Å². The van der Waals surface area contributed by atoms with E-state index in [0.29, 0.717) is 6.54 Å². The second kappa shape index (κ2) is 6.45. The van der Waals surface area contributed by atoms with Crippen LogP contribution in [0.1, 0.15) is 17.5 Å². The summed E-state index contributed by atoms with van der Waals surface area (Å²) in [7, 11) is 0. The second-order valence-corrected chi connectivity index (χ2v) is 5.94. The molecule has 1 atom stereocenters. The van der Waals surface area contributed by atoms with Gasteiger partial charge in [-0.2, -0.15) is 11.8 Å². The highest BCUT2D eigenvalue weighted by Gasteiger charge is 2.22. The maximum Gasteiger partial charge on any atom is 0.224 e. The van der Waals surface area contributed by atoms with Gasteiger partial charge in [-0.3, -0.25) is 4.79 Å². The van der Waals surface area contributed by atoms with Crippen LogP contribution < -0.4 is 5.32 Å². The third-order valence-corrected chi connectivity index (χ3v) is 4.72. The molecule has 1 heterocycles. The molecule has 0 bridgehead atoms. The first-order chi connectivity index (χ1) is 8.29. The SMILES string of the molecule is O=C(NCc1cccc(CBr)c1)C1CCSC1. The van der Waals surface area contributed by atoms with Crippen molar-refractivity contribution in [2.24, 2.45) is 5.92 Å². The van der Waals surface area contributed by atoms with Crippen LogP contribution in [0.4, 0.5) is 0 Å². The number of benzene rings is 1. The molecule has 2 rings (SSSR count). The molecule has 1 amide bonds. The van der Waals surface area contributed by atoms with Gasteiger partial charge < -0.3 is 5.32 Å².